The smallest absolute Gasteiger partial charge is 0.228 e. The van der Waals surface area contributed by atoms with Gasteiger partial charge in [0.2, 0.25) is 11.8 Å². The standard InChI is InChI=1S/C29H31N5O3/c1-18-13-19(14-26(35)33-21-16-32-34(17-21)28(2,3)4)5-8-24(18)37-25-9-12-31-23-7-6-20(15-22(23)25)29(10-11-29)27(30)36/h5-9,12-13,15-17H,10-11,14H2,1-4H3,(H2,30,36)(H,33,35). The van der Waals surface area contributed by atoms with Gasteiger partial charge in [0, 0.05) is 17.8 Å². The Morgan fingerprint density at radius 1 is 1.11 bits per heavy atom. The molecule has 1 aliphatic carbocycles. The van der Waals surface area contributed by atoms with Crippen molar-refractivity contribution in [2.24, 2.45) is 5.73 Å². The van der Waals surface area contributed by atoms with Crippen LogP contribution in [0.3, 0.4) is 0 Å². The summed E-state index contributed by atoms with van der Waals surface area (Å²) < 4.78 is 8.12. The molecule has 1 aliphatic rings. The molecule has 1 fully saturated rings. The number of pyridine rings is 1. The van der Waals surface area contributed by atoms with Gasteiger partial charge in [-0.2, -0.15) is 5.10 Å². The molecule has 190 valence electrons. The fourth-order valence-corrected chi connectivity index (χ4v) is 4.51. The van der Waals surface area contributed by atoms with Crippen LogP contribution < -0.4 is 15.8 Å². The fourth-order valence-electron chi connectivity index (χ4n) is 4.51. The number of primary amides is 1. The zero-order chi connectivity index (χ0) is 26.4. The molecule has 2 aromatic carbocycles. The van der Waals surface area contributed by atoms with E-state index in [0.29, 0.717) is 17.2 Å². The first-order valence-electron chi connectivity index (χ1n) is 12.4. The number of hydrogen-bond donors (Lipinski definition) is 2. The molecule has 37 heavy (non-hydrogen) atoms. The normalized spacial score (nSPS) is 14.4. The summed E-state index contributed by atoms with van der Waals surface area (Å²) in [7, 11) is 0. The predicted molar refractivity (Wildman–Crippen MR) is 143 cm³/mol. The van der Waals surface area contributed by atoms with E-state index < -0.39 is 5.41 Å². The molecule has 0 unspecified atom stereocenters. The second kappa shape index (κ2) is 9.03. The van der Waals surface area contributed by atoms with Gasteiger partial charge < -0.3 is 15.8 Å². The lowest BCUT2D eigenvalue weighted by molar-refractivity contribution is -0.120. The third kappa shape index (κ3) is 4.91. The number of ether oxygens (including phenoxy) is 1. The number of rotatable bonds is 7. The SMILES string of the molecule is Cc1cc(CC(=O)Nc2cnn(C(C)(C)C)c2)ccc1Oc1ccnc2ccc(C3(C(N)=O)CC3)cc12. The first-order valence-corrected chi connectivity index (χ1v) is 12.4. The Bertz CT molecular complexity index is 1510. The minimum Gasteiger partial charge on any atom is -0.456 e. The molecule has 2 heterocycles. The molecule has 0 saturated heterocycles. The van der Waals surface area contributed by atoms with E-state index in [0.717, 1.165) is 40.4 Å². The molecule has 8 heteroatoms. The van der Waals surface area contributed by atoms with Crippen LogP contribution in [0.4, 0.5) is 5.69 Å². The van der Waals surface area contributed by atoms with Crippen LogP contribution in [-0.4, -0.2) is 26.6 Å². The number of carbonyl (C=O) groups is 2. The van der Waals surface area contributed by atoms with Gasteiger partial charge in [0.1, 0.15) is 11.5 Å². The second-order valence-corrected chi connectivity index (χ2v) is 10.8. The number of nitrogens with zero attached hydrogens (tertiary/aromatic N) is 3. The molecule has 2 amide bonds. The quantitative estimate of drug-likeness (QED) is 0.374. The van der Waals surface area contributed by atoms with Crippen molar-refractivity contribution in [1.82, 2.24) is 14.8 Å². The minimum absolute atomic E-state index is 0.113. The molecule has 0 atom stereocenters. The van der Waals surface area contributed by atoms with Crippen molar-refractivity contribution in [2.45, 2.75) is 57.9 Å². The average Bonchev–Trinajstić information content (AvgIpc) is 3.52. The van der Waals surface area contributed by atoms with Gasteiger partial charge >= 0.3 is 0 Å². The Balaban J connectivity index is 1.32. The Labute approximate surface area is 215 Å². The minimum atomic E-state index is -0.579. The van der Waals surface area contributed by atoms with Gasteiger partial charge in [-0.1, -0.05) is 18.2 Å². The highest BCUT2D eigenvalue weighted by atomic mass is 16.5. The highest BCUT2D eigenvalue weighted by molar-refractivity contribution is 5.93. The lowest BCUT2D eigenvalue weighted by Gasteiger charge is -2.18. The van der Waals surface area contributed by atoms with E-state index in [9.17, 15) is 9.59 Å². The number of hydrogen-bond acceptors (Lipinski definition) is 5. The molecule has 5 rings (SSSR count). The van der Waals surface area contributed by atoms with E-state index in [1.165, 1.54) is 0 Å². The van der Waals surface area contributed by atoms with Crippen molar-refractivity contribution in [3.8, 4) is 11.5 Å². The number of nitrogens with two attached hydrogens (primary N) is 1. The summed E-state index contributed by atoms with van der Waals surface area (Å²) in [6, 6.07) is 13.3. The summed E-state index contributed by atoms with van der Waals surface area (Å²) in [6.45, 7) is 8.11. The second-order valence-electron chi connectivity index (χ2n) is 10.8. The van der Waals surface area contributed by atoms with Gasteiger partial charge in [0.15, 0.2) is 0 Å². The van der Waals surface area contributed by atoms with E-state index in [2.05, 4.69) is 36.2 Å². The summed E-state index contributed by atoms with van der Waals surface area (Å²) in [5.41, 5.74) is 9.08. The summed E-state index contributed by atoms with van der Waals surface area (Å²) in [5.74, 6) is 0.926. The van der Waals surface area contributed by atoms with Gasteiger partial charge in [-0.3, -0.25) is 19.3 Å². The molecule has 3 N–H and O–H groups in total. The van der Waals surface area contributed by atoms with Crippen molar-refractivity contribution < 1.29 is 14.3 Å². The van der Waals surface area contributed by atoms with E-state index >= 15 is 0 Å². The monoisotopic (exact) mass is 497 g/mol. The Morgan fingerprint density at radius 3 is 2.54 bits per heavy atom. The Kier molecular flexibility index (Phi) is 5.98. The molecule has 0 spiro atoms. The van der Waals surface area contributed by atoms with Gasteiger partial charge in [0.25, 0.3) is 0 Å². The maximum absolute atomic E-state index is 12.6. The first-order chi connectivity index (χ1) is 17.5. The maximum Gasteiger partial charge on any atom is 0.228 e. The van der Waals surface area contributed by atoms with Gasteiger partial charge in [-0.05, 0) is 81.5 Å². The molecule has 2 aromatic heterocycles. The number of benzene rings is 2. The zero-order valence-electron chi connectivity index (χ0n) is 21.5. The van der Waals surface area contributed by atoms with Crippen LogP contribution >= 0.6 is 0 Å². The Hall–Kier alpha value is -4.20. The summed E-state index contributed by atoms with van der Waals surface area (Å²) in [6.07, 6.45) is 6.95. The molecule has 4 aromatic rings. The van der Waals surface area contributed by atoms with Crippen molar-refractivity contribution in [3.05, 3.63) is 77.7 Å². The first kappa shape index (κ1) is 24.5. The van der Waals surface area contributed by atoms with Crippen LogP contribution in [0.25, 0.3) is 10.9 Å². The maximum atomic E-state index is 12.6. The lowest BCUT2D eigenvalue weighted by Crippen LogP contribution is -2.28. The van der Waals surface area contributed by atoms with E-state index in [1.54, 1.807) is 12.4 Å². The number of nitrogens with one attached hydrogen (secondary N) is 1. The van der Waals surface area contributed by atoms with Crippen LogP contribution in [0.1, 0.15) is 50.3 Å². The summed E-state index contributed by atoms with van der Waals surface area (Å²) in [5, 5.41) is 8.06. The summed E-state index contributed by atoms with van der Waals surface area (Å²) >= 11 is 0. The van der Waals surface area contributed by atoms with Crippen LogP contribution in [0.15, 0.2) is 61.1 Å². The van der Waals surface area contributed by atoms with Gasteiger partial charge in [-0.25, -0.2) is 0 Å². The lowest BCUT2D eigenvalue weighted by atomic mass is 9.94. The average molecular weight is 498 g/mol. The fraction of sp³-hybridized carbons (Fsp3) is 0.310. The number of anilines is 1. The third-order valence-corrected chi connectivity index (χ3v) is 6.85. The van der Waals surface area contributed by atoms with Crippen molar-refractivity contribution >= 4 is 28.4 Å². The molecule has 8 nitrogen and oxygen atoms in total. The van der Waals surface area contributed by atoms with Crippen LogP contribution in [-0.2, 0) is 27.0 Å². The molecule has 0 aliphatic heterocycles. The van der Waals surface area contributed by atoms with Gasteiger partial charge in [0.05, 0.1) is 34.8 Å². The topological polar surface area (TPSA) is 112 Å². The number of aromatic nitrogens is 3. The highest BCUT2D eigenvalue weighted by Crippen LogP contribution is 2.49. The van der Waals surface area contributed by atoms with Crippen LogP contribution in [0.5, 0.6) is 11.5 Å². The predicted octanol–water partition coefficient (Wildman–Crippen LogP) is 4.99. The van der Waals surface area contributed by atoms with Crippen LogP contribution in [0.2, 0.25) is 0 Å². The third-order valence-electron chi connectivity index (χ3n) is 6.85. The summed E-state index contributed by atoms with van der Waals surface area (Å²) in [4.78, 5) is 29.1. The largest absolute Gasteiger partial charge is 0.456 e. The van der Waals surface area contributed by atoms with E-state index in [-0.39, 0.29) is 23.8 Å². The van der Waals surface area contributed by atoms with Crippen molar-refractivity contribution in [1.29, 1.82) is 0 Å². The van der Waals surface area contributed by atoms with E-state index in [1.807, 2.05) is 60.3 Å². The van der Waals surface area contributed by atoms with E-state index in [4.69, 9.17) is 10.5 Å². The number of aryl methyl sites for hydroxylation is 1. The molecule has 0 radical (unpaired) electrons. The number of fused-ring (bicyclic) bond motifs is 1. The van der Waals surface area contributed by atoms with Gasteiger partial charge in [-0.15, -0.1) is 0 Å². The molecular weight excluding hydrogens is 466 g/mol. The van der Waals surface area contributed by atoms with Crippen molar-refractivity contribution in [3.63, 3.8) is 0 Å². The highest BCUT2D eigenvalue weighted by Gasteiger charge is 2.50. The van der Waals surface area contributed by atoms with Crippen LogP contribution in [0, 0.1) is 6.92 Å². The molecular formula is C29H31N5O3. The number of carbonyl (C=O) groups excluding carboxylic acids is 2. The molecule has 0 bridgehead atoms. The Morgan fingerprint density at radius 2 is 1.89 bits per heavy atom. The molecule has 1 saturated carbocycles. The van der Waals surface area contributed by atoms with Crippen molar-refractivity contribution in [2.75, 3.05) is 5.32 Å². The zero-order valence-corrected chi connectivity index (χ0v) is 21.5. The number of amides is 2.